The van der Waals surface area contributed by atoms with E-state index in [0.717, 1.165) is 6.92 Å². The third-order valence-corrected chi connectivity index (χ3v) is 0. The molecule has 0 spiro atoms. The van der Waals surface area contributed by atoms with Crippen LogP contribution >= 0.6 is 0 Å². The van der Waals surface area contributed by atoms with Crippen LogP contribution in [-0.2, 0) is 4.79 Å². The molecule has 6 heavy (non-hydrogen) atoms. The molecule has 0 aromatic carbocycles. The Balaban J connectivity index is -0.0000000450. The number of aliphatic carboxylic acids is 1. The molecule has 0 amide bonds. The third-order valence-electron chi connectivity index (χ3n) is 0. The molecule has 0 aromatic heterocycles. The van der Waals surface area contributed by atoms with Crippen molar-refractivity contribution in [3.8, 4) is 0 Å². The zero-order chi connectivity index (χ0) is 3.58. The van der Waals surface area contributed by atoms with Gasteiger partial charge in [-0.25, -0.2) is 0 Å². The average molecular weight is 411 g/mol. The third kappa shape index (κ3) is 47.9. The van der Waals surface area contributed by atoms with E-state index in [-0.39, 0.29) is 61.8 Å². The maximum atomic E-state index is 9.00. The summed E-state index contributed by atoms with van der Waals surface area (Å²) in [5, 5.41) is 7.42. The molecule has 4 heteroatoms. The Morgan fingerprint density at radius 3 is 1.67 bits per heavy atom. The maximum Gasteiger partial charge on any atom is 0 e. The first-order valence-corrected chi connectivity index (χ1v) is 0.928. The molecule has 2 nitrogen and oxygen atoms in total. The molecule has 0 saturated heterocycles. The van der Waals surface area contributed by atoms with Crippen molar-refractivity contribution in [1.29, 1.82) is 0 Å². The van der Waals surface area contributed by atoms with E-state index >= 15 is 0 Å². The summed E-state index contributed by atoms with van der Waals surface area (Å²) in [7, 11) is 0. The molecule has 0 fully saturated rings. The van der Waals surface area contributed by atoms with E-state index in [1.807, 2.05) is 0 Å². The first kappa shape index (κ1) is 15.6. The predicted molar refractivity (Wildman–Crippen MR) is 23.2 cm³/mol. The summed E-state index contributed by atoms with van der Waals surface area (Å²) in [6.45, 7) is 1.08. The van der Waals surface area contributed by atoms with Crippen LogP contribution in [0, 0.1) is 35.6 Å². The minimum absolute atomic E-state index is 0. The fourth-order valence-electron chi connectivity index (χ4n) is 0. The van der Waals surface area contributed by atoms with Gasteiger partial charge in [0.05, 0.1) is 0 Å². The minimum Gasteiger partial charge on any atom is 0 e. The van der Waals surface area contributed by atoms with Gasteiger partial charge in [-0.3, -0.25) is 4.79 Å². The Morgan fingerprint density at radius 2 is 1.67 bits per heavy atom. The molecular weight excluding hydrogens is 404 g/mol. The molecule has 0 aromatic rings. The number of hydrogen-bond acceptors (Lipinski definition) is 1. The Morgan fingerprint density at radius 1 is 1.67 bits per heavy atom. The van der Waals surface area contributed by atoms with E-state index in [2.05, 4.69) is 0 Å². The molecule has 0 saturated carbocycles. The molecule has 0 aliphatic carbocycles. The average Bonchev–Trinajstić information content (AvgIpc) is 0.811. The zero-order valence-electron chi connectivity index (χ0n) is 3.64. The Labute approximate surface area is 83.4 Å². The van der Waals surface area contributed by atoms with Gasteiger partial charge in [0.2, 0.25) is 0 Å². The van der Waals surface area contributed by atoms with Crippen molar-refractivity contribution in [2.75, 3.05) is 0 Å². The van der Waals surface area contributed by atoms with Gasteiger partial charge >= 0.3 is 26.2 Å². The minimum atomic E-state index is -0.833. The van der Waals surface area contributed by atoms with Gasteiger partial charge in [0, 0.05) is 42.5 Å². The number of hydrogen-bond donors (Lipinski definition) is 1. The van der Waals surface area contributed by atoms with Crippen LogP contribution in [0.25, 0.3) is 0 Å². The molecule has 35 valence electrons. The van der Waals surface area contributed by atoms with Gasteiger partial charge in [0.25, 0.3) is 5.97 Å². The molecule has 1 radical (unpaired) electrons. The van der Waals surface area contributed by atoms with Gasteiger partial charge in [-0.2, -0.15) is 0 Å². The van der Waals surface area contributed by atoms with Gasteiger partial charge in [-0.1, -0.05) is 0 Å². The van der Waals surface area contributed by atoms with E-state index in [1.165, 1.54) is 0 Å². The number of carbonyl (C=O) groups is 1. The van der Waals surface area contributed by atoms with E-state index in [1.54, 1.807) is 0 Å². The summed E-state index contributed by atoms with van der Waals surface area (Å²) in [4.78, 5) is 9.00. The first-order chi connectivity index (χ1) is 1.73. The molecule has 0 unspecified atom stereocenters. The SMILES string of the molecule is CC(=O)O.[BiH3].[La]. The van der Waals surface area contributed by atoms with Crippen LogP contribution in [-0.4, -0.2) is 37.3 Å². The summed E-state index contributed by atoms with van der Waals surface area (Å²) >= 11 is 0. The van der Waals surface area contributed by atoms with Crippen molar-refractivity contribution in [2.24, 2.45) is 0 Å². The quantitative estimate of drug-likeness (QED) is 0.515. The van der Waals surface area contributed by atoms with Crippen LogP contribution in [0.5, 0.6) is 0 Å². The summed E-state index contributed by atoms with van der Waals surface area (Å²) in [6, 6.07) is 0. The largest absolute Gasteiger partial charge is 0 e. The Hall–Kier alpha value is 1.55. The monoisotopic (exact) mass is 411 g/mol. The zero-order valence-corrected chi connectivity index (χ0v) is 12.8. The number of carboxylic acid groups (broad SMARTS) is 1. The number of rotatable bonds is 0. The van der Waals surface area contributed by atoms with Crippen molar-refractivity contribution in [3.05, 3.63) is 0 Å². The smallest absolute Gasteiger partial charge is 0 e. The molecule has 0 heterocycles. The first-order valence-electron chi connectivity index (χ1n) is 0.928. The van der Waals surface area contributed by atoms with E-state index in [0.29, 0.717) is 0 Å². The van der Waals surface area contributed by atoms with Crippen molar-refractivity contribution in [3.63, 3.8) is 0 Å². The topological polar surface area (TPSA) is 37.3 Å². The summed E-state index contributed by atoms with van der Waals surface area (Å²) < 4.78 is 0. The normalized spacial score (nSPS) is 4.17. The van der Waals surface area contributed by atoms with E-state index in [9.17, 15) is 0 Å². The summed E-state index contributed by atoms with van der Waals surface area (Å²) in [6.07, 6.45) is 0. The van der Waals surface area contributed by atoms with Crippen LogP contribution in [0.2, 0.25) is 0 Å². The van der Waals surface area contributed by atoms with Crippen LogP contribution in [0.3, 0.4) is 0 Å². The van der Waals surface area contributed by atoms with E-state index in [4.69, 9.17) is 9.90 Å². The Bertz CT molecular complexity index is 34.5. The predicted octanol–water partition coefficient (Wildman–Crippen LogP) is -1.09. The van der Waals surface area contributed by atoms with Gasteiger partial charge in [-0.05, 0) is 0 Å². The Kier molecular flexibility index (Phi) is 25.4. The van der Waals surface area contributed by atoms with Crippen LogP contribution in [0.4, 0.5) is 0 Å². The molecule has 0 aliphatic rings. The van der Waals surface area contributed by atoms with Crippen molar-refractivity contribution in [2.45, 2.75) is 6.92 Å². The van der Waals surface area contributed by atoms with Crippen LogP contribution in [0.15, 0.2) is 0 Å². The van der Waals surface area contributed by atoms with Crippen molar-refractivity contribution >= 4 is 32.2 Å². The fraction of sp³-hybridized carbons (Fsp3) is 0.500. The van der Waals surface area contributed by atoms with Gasteiger partial charge in [0.15, 0.2) is 0 Å². The van der Waals surface area contributed by atoms with Crippen molar-refractivity contribution < 1.29 is 45.5 Å². The summed E-state index contributed by atoms with van der Waals surface area (Å²) in [5.41, 5.74) is 0. The fourth-order valence-corrected chi connectivity index (χ4v) is 0. The molecule has 0 rings (SSSR count). The standard InChI is InChI=1S/C2H4O2.Bi.La.3H/c1-2(3)4;;;;;/h1H3,(H,3,4);;;;;. The molecule has 1 N–H and O–H groups in total. The van der Waals surface area contributed by atoms with Crippen molar-refractivity contribution in [1.82, 2.24) is 0 Å². The molecule has 0 atom stereocenters. The molecular formula is C2H7BiLaO2. The van der Waals surface area contributed by atoms with Gasteiger partial charge in [0.1, 0.15) is 0 Å². The second-order valence-electron chi connectivity index (χ2n) is 0.519. The molecule has 0 bridgehead atoms. The second-order valence-corrected chi connectivity index (χ2v) is 0.519. The maximum absolute atomic E-state index is 9.00. The second kappa shape index (κ2) is 9.74. The summed E-state index contributed by atoms with van der Waals surface area (Å²) in [5.74, 6) is -0.833. The number of carboxylic acids is 1. The van der Waals surface area contributed by atoms with Gasteiger partial charge in [-0.15, -0.1) is 0 Å². The van der Waals surface area contributed by atoms with Crippen LogP contribution < -0.4 is 0 Å². The van der Waals surface area contributed by atoms with Gasteiger partial charge < -0.3 is 5.11 Å². The van der Waals surface area contributed by atoms with E-state index < -0.39 is 5.97 Å². The molecule has 0 aliphatic heterocycles. The van der Waals surface area contributed by atoms with Crippen LogP contribution in [0.1, 0.15) is 6.92 Å².